The Morgan fingerprint density at radius 3 is 2.52 bits per heavy atom. The monoisotopic (exact) mass is 421 g/mol. The van der Waals surface area contributed by atoms with E-state index in [1.165, 1.54) is 7.11 Å². The summed E-state index contributed by atoms with van der Waals surface area (Å²) in [5, 5.41) is 0. The number of para-hydroxylation sites is 2. The first-order valence-electron chi connectivity index (χ1n) is 8.38. The molecule has 0 spiro atoms. The number of H-pyrrole nitrogens is 1. The summed E-state index contributed by atoms with van der Waals surface area (Å²) in [6.45, 7) is 1.80. The Morgan fingerprint density at radius 1 is 1.07 bits per heavy atom. The Hall–Kier alpha value is -2.99. The van der Waals surface area contributed by atoms with Gasteiger partial charge in [0.1, 0.15) is 5.82 Å². The number of aromatic nitrogens is 3. The maximum atomic E-state index is 12.2. The van der Waals surface area contributed by atoms with Gasteiger partial charge in [-0.1, -0.05) is 40.2 Å². The number of pyridine rings is 1. The van der Waals surface area contributed by atoms with Crippen LogP contribution in [0.4, 0.5) is 0 Å². The third-order valence-electron chi connectivity index (χ3n) is 4.38. The molecule has 4 rings (SSSR count). The van der Waals surface area contributed by atoms with E-state index in [0.717, 1.165) is 32.3 Å². The first-order valence-corrected chi connectivity index (χ1v) is 9.17. The van der Waals surface area contributed by atoms with Gasteiger partial charge in [-0.15, -0.1) is 0 Å². The molecule has 0 radical (unpaired) electrons. The van der Waals surface area contributed by atoms with Crippen LogP contribution in [0.3, 0.4) is 0 Å². The van der Waals surface area contributed by atoms with Crippen molar-refractivity contribution < 1.29 is 9.53 Å². The number of ether oxygens (including phenoxy) is 1. The number of aromatic amines is 1. The van der Waals surface area contributed by atoms with E-state index in [1.807, 2.05) is 48.5 Å². The number of hydrogen-bond acceptors (Lipinski definition) is 4. The minimum atomic E-state index is -0.417. The van der Waals surface area contributed by atoms with Gasteiger partial charge in [-0.3, -0.25) is 4.98 Å². The van der Waals surface area contributed by atoms with Gasteiger partial charge in [-0.25, -0.2) is 9.78 Å². The molecule has 0 fully saturated rings. The number of hydrogen-bond donors (Lipinski definition) is 1. The average molecular weight is 422 g/mol. The summed E-state index contributed by atoms with van der Waals surface area (Å²) in [5.74, 6) is 0.242. The zero-order chi connectivity index (χ0) is 19.0. The van der Waals surface area contributed by atoms with Gasteiger partial charge < -0.3 is 9.72 Å². The molecule has 0 unspecified atom stereocenters. The van der Waals surface area contributed by atoms with Crippen LogP contribution in [0.5, 0.6) is 0 Å². The quantitative estimate of drug-likeness (QED) is 0.464. The standard InChI is InChI=1S/C21H16BrN3O2/c1-12-15(21(26)27-2)11-16(19(23-12)13-7-9-14(22)10-8-13)20-24-17-5-3-4-6-18(17)25-20/h3-11H,1-2H3,(H,24,25). The summed E-state index contributed by atoms with van der Waals surface area (Å²) >= 11 is 3.46. The van der Waals surface area contributed by atoms with E-state index in [2.05, 4.69) is 25.9 Å². The molecule has 6 heteroatoms. The number of aryl methyl sites for hydroxylation is 1. The number of nitrogens with zero attached hydrogens (tertiary/aromatic N) is 2. The third-order valence-corrected chi connectivity index (χ3v) is 4.91. The van der Waals surface area contributed by atoms with Gasteiger partial charge in [0.05, 0.1) is 35.1 Å². The summed E-state index contributed by atoms with van der Waals surface area (Å²) < 4.78 is 5.90. The van der Waals surface area contributed by atoms with Crippen LogP contribution < -0.4 is 0 Å². The Morgan fingerprint density at radius 2 is 1.81 bits per heavy atom. The van der Waals surface area contributed by atoms with Gasteiger partial charge in [0.25, 0.3) is 0 Å². The van der Waals surface area contributed by atoms with Gasteiger partial charge in [-0.2, -0.15) is 0 Å². The van der Waals surface area contributed by atoms with Gasteiger partial charge >= 0.3 is 5.97 Å². The molecule has 5 nitrogen and oxygen atoms in total. The highest BCUT2D eigenvalue weighted by Gasteiger charge is 2.19. The van der Waals surface area contributed by atoms with Crippen LogP contribution in [0.15, 0.2) is 59.1 Å². The molecule has 2 aromatic carbocycles. The molecule has 0 amide bonds. The zero-order valence-electron chi connectivity index (χ0n) is 14.8. The molecule has 0 bridgehead atoms. The highest BCUT2D eigenvalue weighted by molar-refractivity contribution is 9.10. The summed E-state index contributed by atoms with van der Waals surface area (Å²) in [7, 11) is 1.37. The van der Waals surface area contributed by atoms with Crippen LogP contribution in [0, 0.1) is 6.92 Å². The molecule has 0 aliphatic heterocycles. The van der Waals surface area contributed by atoms with Crippen molar-refractivity contribution >= 4 is 32.9 Å². The third kappa shape index (κ3) is 3.24. The van der Waals surface area contributed by atoms with Crippen molar-refractivity contribution in [2.75, 3.05) is 7.11 Å². The van der Waals surface area contributed by atoms with Gasteiger partial charge in [0, 0.05) is 15.6 Å². The fourth-order valence-corrected chi connectivity index (χ4v) is 3.27. The second-order valence-corrected chi connectivity index (χ2v) is 7.03. The highest BCUT2D eigenvalue weighted by atomic mass is 79.9. The number of imidazole rings is 1. The van der Waals surface area contributed by atoms with Crippen LogP contribution in [-0.4, -0.2) is 28.0 Å². The molecule has 0 saturated heterocycles. The maximum absolute atomic E-state index is 12.2. The largest absolute Gasteiger partial charge is 0.465 e. The van der Waals surface area contributed by atoms with Crippen molar-refractivity contribution in [3.63, 3.8) is 0 Å². The molecule has 2 heterocycles. The van der Waals surface area contributed by atoms with Crippen molar-refractivity contribution in [2.24, 2.45) is 0 Å². The number of rotatable bonds is 3. The number of nitrogens with one attached hydrogen (secondary N) is 1. The number of carbonyl (C=O) groups excluding carboxylic acids is 1. The minimum Gasteiger partial charge on any atom is -0.465 e. The van der Waals surface area contributed by atoms with E-state index in [1.54, 1.807) is 13.0 Å². The first-order chi connectivity index (χ1) is 13.1. The zero-order valence-corrected chi connectivity index (χ0v) is 16.4. The normalized spacial score (nSPS) is 10.9. The lowest BCUT2D eigenvalue weighted by molar-refractivity contribution is 0.0599. The number of esters is 1. The van der Waals surface area contributed by atoms with E-state index in [9.17, 15) is 4.79 Å². The predicted octanol–water partition coefficient (Wildman–Crippen LogP) is 5.15. The molecule has 2 aromatic heterocycles. The van der Waals surface area contributed by atoms with Crippen molar-refractivity contribution in [3.05, 3.63) is 70.3 Å². The number of methoxy groups -OCH3 is 1. The molecular formula is C21H16BrN3O2. The summed E-state index contributed by atoms with van der Waals surface area (Å²) in [6.07, 6.45) is 0. The van der Waals surface area contributed by atoms with Crippen LogP contribution in [0.1, 0.15) is 16.1 Å². The predicted molar refractivity (Wildman–Crippen MR) is 109 cm³/mol. The van der Waals surface area contributed by atoms with Crippen molar-refractivity contribution in [2.45, 2.75) is 6.92 Å². The maximum Gasteiger partial charge on any atom is 0.339 e. The van der Waals surface area contributed by atoms with Crippen LogP contribution in [0.25, 0.3) is 33.7 Å². The highest BCUT2D eigenvalue weighted by Crippen LogP contribution is 2.32. The lowest BCUT2D eigenvalue weighted by Crippen LogP contribution is -2.07. The van der Waals surface area contributed by atoms with Crippen LogP contribution >= 0.6 is 15.9 Å². The molecule has 0 saturated carbocycles. The smallest absolute Gasteiger partial charge is 0.339 e. The number of benzene rings is 2. The van der Waals surface area contributed by atoms with Gasteiger partial charge in [-0.05, 0) is 37.3 Å². The summed E-state index contributed by atoms with van der Waals surface area (Å²) in [6, 6.07) is 17.5. The molecule has 1 N–H and O–H groups in total. The first kappa shape index (κ1) is 17.4. The molecule has 0 aliphatic rings. The second-order valence-electron chi connectivity index (χ2n) is 6.12. The van der Waals surface area contributed by atoms with E-state index in [4.69, 9.17) is 9.72 Å². The Labute approximate surface area is 164 Å². The molecule has 0 atom stereocenters. The lowest BCUT2D eigenvalue weighted by atomic mass is 10.0. The lowest BCUT2D eigenvalue weighted by Gasteiger charge is -2.12. The minimum absolute atomic E-state index is 0.417. The van der Waals surface area contributed by atoms with Crippen molar-refractivity contribution in [1.29, 1.82) is 0 Å². The second kappa shape index (κ2) is 6.96. The average Bonchev–Trinajstić information content (AvgIpc) is 3.11. The SMILES string of the molecule is COC(=O)c1cc(-c2nc3ccccc3[nH]2)c(-c2ccc(Br)cc2)nc1C. The summed E-state index contributed by atoms with van der Waals surface area (Å²) in [5.41, 5.74) is 5.26. The van der Waals surface area contributed by atoms with Gasteiger partial charge in [0.2, 0.25) is 0 Å². The molecule has 4 aromatic rings. The van der Waals surface area contributed by atoms with E-state index < -0.39 is 5.97 Å². The Balaban J connectivity index is 1.98. The Kier molecular flexibility index (Phi) is 4.49. The van der Waals surface area contributed by atoms with E-state index in [-0.39, 0.29) is 0 Å². The number of halogens is 1. The fraction of sp³-hybridized carbons (Fsp3) is 0.0952. The van der Waals surface area contributed by atoms with Crippen LogP contribution in [0.2, 0.25) is 0 Å². The molecular weight excluding hydrogens is 406 g/mol. The number of carbonyl (C=O) groups is 1. The van der Waals surface area contributed by atoms with Crippen LogP contribution in [-0.2, 0) is 4.74 Å². The van der Waals surface area contributed by atoms with Crippen molar-refractivity contribution in [3.8, 4) is 22.6 Å². The van der Waals surface area contributed by atoms with Crippen molar-refractivity contribution in [1.82, 2.24) is 15.0 Å². The summed E-state index contributed by atoms with van der Waals surface area (Å²) in [4.78, 5) is 24.9. The van der Waals surface area contributed by atoms with Gasteiger partial charge in [0.15, 0.2) is 0 Å². The molecule has 27 heavy (non-hydrogen) atoms. The van der Waals surface area contributed by atoms with E-state index in [0.29, 0.717) is 17.1 Å². The Bertz CT molecular complexity index is 1120. The molecule has 0 aliphatic carbocycles. The topological polar surface area (TPSA) is 67.9 Å². The number of fused-ring (bicyclic) bond motifs is 1. The van der Waals surface area contributed by atoms with E-state index >= 15 is 0 Å². The fourth-order valence-electron chi connectivity index (χ4n) is 3.01. The molecule has 134 valence electrons.